The van der Waals surface area contributed by atoms with Crippen LogP contribution in [0.25, 0.3) is 0 Å². The summed E-state index contributed by atoms with van der Waals surface area (Å²) >= 11 is 0. The van der Waals surface area contributed by atoms with Crippen LogP contribution < -0.4 is 0 Å². The van der Waals surface area contributed by atoms with Gasteiger partial charge in [-0.1, -0.05) is 6.08 Å². The predicted octanol–water partition coefficient (Wildman–Crippen LogP) is 0.725. The Hall–Kier alpha value is -0.870. The van der Waals surface area contributed by atoms with Crippen molar-refractivity contribution in [1.82, 2.24) is 0 Å². The first-order chi connectivity index (χ1) is 5.70. The number of esters is 1. The molecule has 0 aliphatic heterocycles. The molecule has 0 N–H and O–H groups in total. The molecule has 0 amide bonds. The van der Waals surface area contributed by atoms with E-state index in [0.717, 1.165) is 0 Å². The van der Waals surface area contributed by atoms with Crippen LogP contribution in [0.4, 0.5) is 0 Å². The minimum Gasteiger partial charge on any atom is -0.432 e. The standard InChI is InChI=1S/C8H14O4/c1-7(9)12-8(11-3)5-4-6-10-2/h4-5,8H,6H2,1-3H3/b5-4+/t8-/m0/s1. The summed E-state index contributed by atoms with van der Waals surface area (Å²) in [5, 5.41) is 0. The Kier molecular flexibility index (Phi) is 6.32. The molecule has 4 nitrogen and oxygen atoms in total. The van der Waals surface area contributed by atoms with Crippen LogP contribution in [0, 0.1) is 0 Å². The van der Waals surface area contributed by atoms with E-state index in [1.165, 1.54) is 14.0 Å². The van der Waals surface area contributed by atoms with Crippen LogP contribution in [0.5, 0.6) is 0 Å². The van der Waals surface area contributed by atoms with E-state index in [-0.39, 0.29) is 5.97 Å². The molecule has 4 heteroatoms. The molecule has 70 valence electrons. The van der Waals surface area contributed by atoms with Crippen LogP contribution in [-0.2, 0) is 19.0 Å². The van der Waals surface area contributed by atoms with Crippen LogP contribution in [0.2, 0.25) is 0 Å². The first-order valence-corrected chi connectivity index (χ1v) is 3.56. The molecule has 0 bridgehead atoms. The molecule has 0 radical (unpaired) electrons. The smallest absolute Gasteiger partial charge is 0.305 e. The molecule has 0 aromatic rings. The molecular weight excluding hydrogens is 160 g/mol. The third-order valence-corrected chi connectivity index (χ3v) is 1.07. The zero-order valence-corrected chi connectivity index (χ0v) is 7.57. The quantitative estimate of drug-likeness (QED) is 0.350. The van der Waals surface area contributed by atoms with Crippen molar-refractivity contribution in [3.8, 4) is 0 Å². The molecule has 0 heterocycles. The third kappa shape index (κ3) is 5.88. The molecular formula is C8H14O4. The predicted molar refractivity (Wildman–Crippen MR) is 43.6 cm³/mol. The Morgan fingerprint density at radius 3 is 2.58 bits per heavy atom. The number of ether oxygens (including phenoxy) is 3. The fraction of sp³-hybridized carbons (Fsp3) is 0.625. The summed E-state index contributed by atoms with van der Waals surface area (Å²) in [5.74, 6) is -0.371. The molecule has 12 heavy (non-hydrogen) atoms. The molecule has 0 unspecified atom stereocenters. The van der Waals surface area contributed by atoms with Gasteiger partial charge in [-0.2, -0.15) is 0 Å². The lowest BCUT2D eigenvalue weighted by Gasteiger charge is -2.09. The number of carbonyl (C=O) groups is 1. The highest BCUT2D eigenvalue weighted by Crippen LogP contribution is 1.95. The Morgan fingerprint density at radius 1 is 1.50 bits per heavy atom. The van der Waals surface area contributed by atoms with Crippen molar-refractivity contribution in [2.75, 3.05) is 20.8 Å². The van der Waals surface area contributed by atoms with E-state index in [0.29, 0.717) is 6.61 Å². The second-order valence-electron chi connectivity index (χ2n) is 2.10. The van der Waals surface area contributed by atoms with Gasteiger partial charge in [-0.25, -0.2) is 0 Å². The van der Waals surface area contributed by atoms with E-state index in [2.05, 4.69) is 0 Å². The van der Waals surface area contributed by atoms with E-state index >= 15 is 0 Å². The van der Waals surface area contributed by atoms with Gasteiger partial charge in [0.1, 0.15) is 0 Å². The van der Waals surface area contributed by atoms with Gasteiger partial charge >= 0.3 is 5.97 Å². The average Bonchev–Trinajstić information content (AvgIpc) is 2.02. The molecule has 0 fully saturated rings. The lowest BCUT2D eigenvalue weighted by molar-refractivity contribution is -0.162. The van der Waals surface area contributed by atoms with Crippen molar-refractivity contribution in [3.05, 3.63) is 12.2 Å². The molecule has 0 spiro atoms. The van der Waals surface area contributed by atoms with Crippen molar-refractivity contribution >= 4 is 5.97 Å². The summed E-state index contributed by atoms with van der Waals surface area (Å²) in [6.07, 6.45) is 2.72. The van der Waals surface area contributed by atoms with Gasteiger partial charge < -0.3 is 14.2 Å². The van der Waals surface area contributed by atoms with Crippen molar-refractivity contribution in [2.24, 2.45) is 0 Å². The summed E-state index contributed by atoms with van der Waals surface area (Å²) in [5.41, 5.74) is 0. The van der Waals surface area contributed by atoms with E-state index in [9.17, 15) is 4.79 Å². The van der Waals surface area contributed by atoms with Crippen LogP contribution in [0.15, 0.2) is 12.2 Å². The molecule has 0 aromatic heterocycles. The van der Waals surface area contributed by atoms with Crippen molar-refractivity contribution in [3.63, 3.8) is 0 Å². The Morgan fingerprint density at radius 2 is 2.17 bits per heavy atom. The molecule has 0 saturated heterocycles. The normalized spacial score (nSPS) is 13.2. The molecule has 0 rings (SSSR count). The highest BCUT2D eigenvalue weighted by molar-refractivity contribution is 5.66. The highest BCUT2D eigenvalue weighted by atomic mass is 16.7. The molecule has 0 aliphatic carbocycles. The van der Waals surface area contributed by atoms with E-state index in [4.69, 9.17) is 14.2 Å². The van der Waals surface area contributed by atoms with Crippen LogP contribution >= 0.6 is 0 Å². The first-order valence-electron chi connectivity index (χ1n) is 3.56. The molecule has 0 saturated carbocycles. The maximum atomic E-state index is 10.5. The summed E-state index contributed by atoms with van der Waals surface area (Å²) in [6, 6.07) is 0. The zero-order valence-electron chi connectivity index (χ0n) is 7.57. The van der Waals surface area contributed by atoms with Crippen LogP contribution in [-0.4, -0.2) is 33.1 Å². The highest BCUT2D eigenvalue weighted by Gasteiger charge is 2.04. The first kappa shape index (κ1) is 11.1. The fourth-order valence-electron chi connectivity index (χ4n) is 0.592. The van der Waals surface area contributed by atoms with Gasteiger partial charge in [-0.3, -0.25) is 4.79 Å². The second-order valence-corrected chi connectivity index (χ2v) is 2.10. The van der Waals surface area contributed by atoms with Gasteiger partial charge in [0, 0.05) is 21.1 Å². The van der Waals surface area contributed by atoms with Crippen molar-refractivity contribution < 1.29 is 19.0 Å². The van der Waals surface area contributed by atoms with Gasteiger partial charge in [0.25, 0.3) is 0 Å². The van der Waals surface area contributed by atoms with Crippen LogP contribution in [0.1, 0.15) is 6.92 Å². The molecule has 0 aromatic carbocycles. The number of rotatable bonds is 5. The maximum Gasteiger partial charge on any atom is 0.305 e. The number of carbonyl (C=O) groups excluding carboxylic acids is 1. The van der Waals surface area contributed by atoms with E-state index in [1.807, 2.05) is 0 Å². The monoisotopic (exact) mass is 174 g/mol. The SMILES string of the molecule is COC/C=C/[C@@H](OC)OC(C)=O. The minimum atomic E-state index is -0.613. The molecule has 0 aliphatic rings. The summed E-state index contributed by atoms with van der Waals surface area (Å²) in [7, 11) is 3.04. The van der Waals surface area contributed by atoms with Gasteiger partial charge in [0.2, 0.25) is 6.29 Å². The van der Waals surface area contributed by atoms with E-state index < -0.39 is 6.29 Å². The van der Waals surface area contributed by atoms with Gasteiger partial charge in [0.05, 0.1) is 6.61 Å². The zero-order chi connectivity index (χ0) is 9.40. The minimum absolute atomic E-state index is 0.371. The number of hydrogen-bond donors (Lipinski definition) is 0. The number of methoxy groups -OCH3 is 2. The van der Waals surface area contributed by atoms with Crippen LogP contribution in [0.3, 0.4) is 0 Å². The lowest BCUT2D eigenvalue weighted by atomic mass is 10.5. The summed E-state index contributed by atoms with van der Waals surface area (Å²) in [4.78, 5) is 10.5. The molecule has 1 atom stereocenters. The third-order valence-electron chi connectivity index (χ3n) is 1.07. The second kappa shape index (κ2) is 6.82. The van der Waals surface area contributed by atoms with Gasteiger partial charge in [-0.15, -0.1) is 0 Å². The summed E-state index contributed by atoms with van der Waals surface area (Å²) in [6.45, 7) is 1.80. The Bertz CT molecular complexity index is 153. The van der Waals surface area contributed by atoms with Crippen molar-refractivity contribution in [2.45, 2.75) is 13.2 Å². The largest absolute Gasteiger partial charge is 0.432 e. The Balaban J connectivity index is 3.73. The lowest BCUT2D eigenvalue weighted by Crippen LogP contribution is -2.15. The number of hydrogen-bond acceptors (Lipinski definition) is 4. The van der Waals surface area contributed by atoms with Crippen molar-refractivity contribution in [1.29, 1.82) is 0 Å². The Labute approximate surface area is 72.1 Å². The van der Waals surface area contributed by atoms with Gasteiger partial charge in [0.15, 0.2) is 0 Å². The fourth-order valence-corrected chi connectivity index (χ4v) is 0.592. The average molecular weight is 174 g/mol. The topological polar surface area (TPSA) is 44.8 Å². The van der Waals surface area contributed by atoms with E-state index in [1.54, 1.807) is 19.3 Å². The van der Waals surface area contributed by atoms with Gasteiger partial charge in [-0.05, 0) is 6.08 Å². The summed E-state index contributed by atoms with van der Waals surface area (Å²) < 4.78 is 14.3. The maximum absolute atomic E-state index is 10.5.